The standard InChI is InChI=1S/C12H12ClF2NO3S/c1-2-6-3-10(6)16-12(17)8-4-7(20(13,18)19)5-9(14)11(8)15/h4-6,10H,2-3H2,1H3,(H,16,17). The largest absolute Gasteiger partial charge is 0.349 e. The number of amides is 1. The van der Waals surface area contributed by atoms with Crippen LogP contribution in [0, 0.1) is 17.6 Å². The van der Waals surface area contributed by atoms with E-state index >= 15 is 0 Å². The average molecular weight is 324 g/mol. The molecule has 2 rings (SSSR count). The molecule has 0 spiro atoms. The lowest BCUT2D eigenvalue weighted by Gasteiger charge is -2.07. The van der Waals surface area contributed by atoms with Crippen LogP contribution in [0.15, 0.2) is 17.0 Å². The molecule has 1 aliphatic rings. The van der Waals surface area contributed by atoms with Gasteiger partial charge in [-0.1, -0.05) is 13.3 Å². The molecule has 110 valence electrons. The second-order valence-electron chi connectivity index (χ2n) is 4.69. The molecule has 1 aliphatic carbocycles. The van der Waals surface area contributed by atoms with E-state index in [2.05, 4.69) is 5.32 Å². The van der Waals surface area contributed by atoms with Crippen LogP contribution in [0.3, 0.4) is 0 Å². The summed E-state index contributed by atoms with van der Waals surface area (Å²) >= 11 is 0. The lowest BCUT2D eigenvalue weighted by Crippen LogP contribution is -2.28. The van der Waals surface area contributed by atoms with Gasteiger partial charge in [0.25, 0.3) is 15.0 Å². The van der Waals surface area contributed by atoms with E-state index in [1.807, 2.05) is 6.92 Å². The number of hydrogen-bond donors (Lipinski definition) is 1. The summed E-state index contributed by atoms with van der Waals surface area (Å²) in [6.07, 6.45) is 1.65. The number of carbonyl (C=O) groups is 1. The number of nitrogens with one attached hydrogen (secondary N) is 1. The van der Waals surface area contributed by atoms with Crippen molar-refractivity contribution in [3.8, 4) is 0 Å². The smallest absolute Gasteiger partial charge is 0.261 e. The fraction of sp³-hybridized carbons (Fsp3) is 0.417. The van der Waals surface area contributed by atoms with Gasteiger partial charge in [0, 0.05) is 16.7 Å². The first-order chi connectivity index (χ1) is 9.24. The van der Waals surface area contributed by atoms with Gasteiger partial charge in [0.15, 0.2) is 11.6 Å². The van der Waals surface area contributed by atoms with Crippen molar-refractivity contribution >= 4 is 25.6 Å². The molecule has 2 unspecified atom stereocenters. The minimum absolute atomic E-state index is 0.0776. The molecular weight excluding hydrogens is 312 g/mol. The van der Waals surface area contributed by atoms with Crippen molar-refractivity contribution in [2.75, 3.05) is 0 Å². The zero-order chi connectivity index (χ0) is 15.1. The number of carbonyl (C=O) groups excluding carboxylic acids is 1. The Morgan fingerprint density at radius 2 is 2.10 bits per heavy atom. The number of benzene rings is 1. The maximum atomic E-state index is 13.6. The monoisotopic (exact) mass is 323 g/mol. The van der Waals surface area contributed by atoms with Gasteiger partial charge in [-0.25, -0.2) is 17.2 Å². The van der Waals surface area contributed by atoms with Crippen molar-refractivity contribution in [1.29, 1.82) is 0 Å². The molecule has 0 saturated heterocycles. The van der Waals surface area contributed by atoms with Crippen LogP contribution in [0.1, 0.15) is 30.1 Å². The van der Waals surface area contributed by atoms with Gasteiger partial charge < -0.3 is 5.32 Å². The van der Waals surface area contributed by atoms with Gasteiger partial charge in [0.05, 0.1) is 10.5 Å². The first kappa shape index (κ1) is 15.2. The Morgan fingerprint density at radius 1 is 1.45 bits per heavy atom. The van der Waals surface area contributed by atoms with Gasteiger partial charge in [-0.05, 0) is 24.5 Å². The molecule has 20 heavy (non-hydrogen) atoms. The summed E-state index contributed by atoms with van der Waals surface area (Å²) in [4.78, 5) is 11.2. The summed E-state index contributed by atoms with van der Waals surface area (Å²) in [5.74, 6) is -3.34. The second-order valence-corrected chi connectivity index (χ2v) is 7.25. The number of hydrogen-bond acceptors (Lipinski definition) is 3. The molecule has 0 heterocycles. The fourth-order valence-electron chi connectivity index (χ4n) is 1.99. The normalized spacial score (nSPS) is 21.6. The van der Waals surface area contributed by atoms with Crippen molar-refractivity contribution in [1.82, 2.24) is 5.32 Å². The third-order valence-corrected chi connectivity index (χ3v) is 4.62. The molecule has 1 aromatic carbocycles. The average Bonchev–Trinajstić information content (AvgIpc) is 3.09. The summed E-state index contributed by atoms with van der Waals surface area (Å²) in [5, 5.41) is 2.53. The van der Waals surface area contributed by atoms with Crippen LogP contribution in [0.4, 0.5) is 8.78 Å². The predicted octanol–water partition coefficient (Wildman–Crippen LogP) is 2.42. The second kappa shape index (κ2) is 5.29. The molecule has 8 heteroatoms. The third kappa shape index (κ3) is 3.09. The molecule has 0 aliphatic heterocycles. The van der Waals surface area contributed by atoms with E-state index in [1.54, 1.807) is 0 Å². The van der Waals surface area contributed by atoms with Crippen LogP contribution in [-0.2, 0) is 9.05 Å². The molecular formula is C12H12ClF2NO3S. The molecule has 1 aromatic rings. The van der Waals surface area contributed by atoms with E-state index in [0.717, 1.165) is 18.9 Å². The minimum atomic E-state index is -4.24. The zero-order valence-electron chi connectivity index (χ0n) is 10.5. The van der Waals surface area contributed by atoms with Crippen LogP contribution >= 0.6 is 10.7 Å². The Balaban J connectivity index is 2.31. The van der Waals surface area contributed by atoms with Gasteiger partial charge in [0.1, 0.15) is 0 Å². The highest BCUT2D eigenvalue weighted by Crippen LogP contribution is 2.33. The Morgan fingerprint density at radius 3 is 2.60 bits per heavy atom. The zero-order valence-corrected chi connectivity index (χ0v) is 12.1. The van der Waals surface area contributed by atoms with Crippen molar-refractivity contribution < 1.29 is 22.0 Å². The van der Waals surface area contributed by atoms with E-state index in [-0.39, 0.29) is 6.04 Å². The maximum absolute atomic E-state index is 13.6. The highest BCUT2D eigenvalue weighted by Gasteiger charge is 2.37. The fourth-order valence-corrected chi connectivity index (χ4v) is 2.76. The van der Waals surface area contributed by atoms with Gasteiger partial charge >= 0.3 is 0 Å². The molecule has 2 atom stereocenters. The Kier molecular flexibility index (Phi) is 4.02. The quantitative estimate of drug-likeness (QED) is 0.866. The summed E-state index contributed by atoms with van der Waals surface area (Å²) in [6.45, 7) is 1.96. The van der Waals surface area contributed by atoms with Crippen molar-refractivity contribution in [2.24, 2.45) is 5.92 Å². The van der Waals surface area contributed by atoms with Crippen LogP contribution in [-0.4, -0.2) is 20.4 Å². The summed E-state index contributed by atoms with van der Waals surface area (Å²) in [7, 11) is 0.834. The van der Waals surface area contributed by atoms with E-state index in [4.69, 9.17) is 10.7 Å². The predicted molar refractivity (Wildman–Crippen MR) is 69.0 cm³/mol. The van der Waals surface area contributed by atoms with Crippen molar-refractivity contribution in [3.05, 3.63) is 29.3 Å². The van der Waals surface area contributed by atoms with E-state index in [1.165, 1.54) is 0 Å². The van der Waals surface area contributed by atoms with Crippen LogP contribution < -0.4 is 5.32 Å². The molecule has 1 amide bonds. The van der Waals surface area contributed by atoms with Gasteiger partial charge in [-0.3, -0.25) is 4.79 Å². The SMILES string of the molecule is CCC1CC1NC(=O)c1cc(S(=O)(=O)Cl)cc(F)c1F. The number of halogens is 3. The first-order valence-corrected chi connectivity index (χ1v) is 8.29. The molecule has 4 nitrogen and oxygen atoms in total. The first-order valence-electron chi connectivity index (χ1n) is 5.98. The van der Waals surface area contributed by atoms with Crippen LogP contribution in [0.5, 0.6) is 0 Å². The molecule has 0 radical (unpaired) electrons. The van der Waals surface area contributed by atoms with Crippen LogP contribution in [0.2, 0.25) is 0 Å². The van der Waals surface area contributed by atoms with E-state index < -0.39 is 37.1 Å². The minimum Gasteiger partial charge on any atom is -0.349 e. The van der Waals surface area contributed by atoms with E-state index in [9.17, 15) is 22.0 Å². The Hall–Kier alpha value is -1.21. The molecule has 1 fully saturated rings. The van der Waals surface area contributed by atoms with Gasteiger partial charge in [-0.2, -0.15) is 0 Å². The van der Waals surface area contributed by atoms with Gasteiger partial charge in [0.2, 0.25) is 0 Å². The lowest BCUT2D eigenvalue weighted by molar-refractivity contribution is 0.0943. The summed E-state index contributed by atoms with van der Waals surface area (Å²) in [5.41, 5.74) is -0.661. The molecule has 1 saturated carbocycles. The topological polar surface area (TPSA) is 63.2 Å². The Bertz CT molecular complexity index is 663. The highest BCUT2D eigenvalue weighted by molar-refractivity contribution is 8.13. The molecule has 1 N–H and O–H groups in total. The summed E-state index contributed by atoms with van der Waals surface area (Å²) in [6, 6.07) is 1.10. The van der Waals surface area contributed by atoms with Gasteiger partial charge in [-0.15, -0.1) is 0 Å². The Labute approximate surface area is 119 Å². The van der Waals surface area contributed by atoms with Crippen molar-refractivity contribution in [2.45, 2.75) is 30.7 Å². The van der Waals surface area contributed by atoms with Crippen LogP contribution in [0.25, 0.3) is 0 Å². The maximum Gasteiger partial charge on any atom is 0.261 e. The lowest BCUT2D eigenvalue weighted by atomic mass is 10.2. The molecule has 0 aromatic heterocycles. The number of rotatable bonds is 4. The molecule has 0 bridgehead atoms. The summed E-state index contributed by atoms with van der Waals surface area (Å²) < 4.78 is 49.2. The van der Waals surface area contributed by atoms with E-state index in [0.29, 0.717) is 12.0 Å². The highest BCUT2D eigenvalue weighted by atomic mass is 35.7. The van der Waals surface area contributed by atoms with Crippen molar-refractivity contribution in [3.63, 3.8) is 0 Å². The third-order valence-electron chi connectivity index (χ3n) is 3.29.